The van der Waals surface area contributed by atoms with Crippen LogP contribution in [-0.4, -0.2) is 93.7 Å². The van der Waals surface area contributed by atoms with E-state index in [9.17, 15) is 0 Å². The molecule has 0 atom stereocenters. The van der Waals surface area contributed by atoms with E-state index in [-0.39, 0.29) is 74.6 Å². The Labute approximate surface area is 141 Å². The van der Waals surface area contributed by atoms with Gasteiger partial charge in [-0.15, -0.1) is 0 Å². The van der Waals surface area contributed by atoms with Crippen molar-refractivity contribution in [2.75, 3.05) is 52.9 Å². The van der Waals surface area contributed by atoms with Crippen molar-refractivity contribution >= 4 is 0 Å². The van der Waals surface area contributed by atoms with Gasteiger partial charge in [0.1, 0.15) is 0 Å². The van der Waals surface area contributed by atoms with Gasteiger partial charge in [0, 0.05) is 74.6 Å². The van der Waals surface area contributed by atoms with Gasteiger partial charge in [0.2, 0.25) is 0 Å². The molecule has 0 aromatic rings. The number of rotatable bonds is 8. The van der Waals surface area contributed by atoms with Gasteiger partial charge in [-0.25, -0.2) is 0 Å². The predicted octanol–water partition coefficient (Wildman–Crippen LogP) is -2.56. The van der Waals surface area contributed by atoms with Crippen LogP contribution in [0.4, 0.5) is 0 Å². The Morgan fingerprint density at radius 2 is 0.381 bits per heavy atom. The van der Waals surface area contributed by atoms with Gasteiger partial charge in [-0.2, -0.15) is 0 Å². The molecule has 9 heteroatoms. The molecule has 0 bridgehead atoms. The molecular weight excluding hydrogens is 320 g/mol. The third-order valence-electron chi connectivity index (χ3n) is 1.26. The fraction of sp³-hybridized carbons (Fsp3) is 1.00. The Kier molecular flexibility index (Phi) is 78.7. The van der Waals surface area contributed by atoms with Crippen LogP contribution < -0.4 is 0 Å². The maximum absolute atomic E-state index is 7.91. The fourth-order valence-corrected chi connectivity index (χ4v) is 0.283. The molecule has 0 saturated heterocycles. The van der Waals surface area contributed by atoms with Crippen LogP contribution in [0.25, 0.3) is 0 Å². The summed E-state index contributed by atoms with van der Waals surface area (Å²) < 4.78 is 0. The molecule has 8 N–H and O–H groups in total. The van der Waals surface area contributed by atoms with E-state index in [0.717, 1.165) is 0 Å². The summed E-state index contributed by atoms with van der Waals surface area (Å²) >= 11 is 0. The zero-order valence-corrected chi connectivity index (χ0v) is 14.1. The molecule has 0 aliphatic carbocycles. The third-order valence-corrected chi connectivity index (χ3v) is 1.26. The molecule has 0 radical (unpaired) electrons. The molecule has 0 saturated carbocycles. The first-order valence-corrected chi connectivity index (χ1v) is 6.53. The van der Waals surface area contributed by atoms with Crippen molar-refractivity contribution in [1.29, 1.82) is 0 Å². The second kappa shape index (κ2) is 49.9. The maximum atomic E-state index is 7.91. The summed E-state index contributed by atoms with van der Waals surface area (Å²) in [4.78, 5) is 0. The van der Waals surface area contributed by atoms with Crippen LogP contribution in [0.5, 0.6) is 0 Å². The maximum Gasteiger partial charge on any atom is 0.0452 e. The predicted molar refractivity (Wildman–Crippen MR) is 75.2 cm³/mol. The van der Waals surface area contributed by atoms with Gasteiger partial charge in [-0.3, -0.25) is 0 Å². The van der Waals surface area contributed by atoms with E-state index < -0.39 is 0 Å². The molecule has 0 fully saturated rings. The first-order chi connectivity index (χ1) is 9.66. The van der Waals surface area contributed by atoms with E-state index >= 15 is 0 Å². The summed E-state index contributed by atoms with van der Waals surface area (Å²) in [5.41, 5.74) is 0. The minimum atomic E-state index is 0. The van der Waals surface area contributed by atoms with Gasteiger partial charge in [0.05, 0.1) is 0 Å². The monoisotopic (exact) mass is 352 g/mol. The quantitative estimate of drug-likeness (QED) is 0.221. The summed E-state index contributed by atoms with van der Waals surface area (Å²) in [5.74, 6) is 0. The minimum Gasteiger partial charge on any atom is -0.396 e. The number of aliphatic hydroxyl groups is 8. The zero-order valence-electron chi connectivity index (χ0n) is 12.6. The van der Waals surface area contributed by atoms with Crippen LogP contribution in [-0.2, 0) is 21.7 Å². The van der Waals surface area contributed by atoms with E-state index in [1.54, 1.807) is 0 Å². The molecule has 0 aliphatic heterocycles. The summed E-state index contributed by atoms with van der Waals surface area (Å²) in [5, 5.41) is 63.2. The van der Waals surface area contributed by atoms with Gasteiger partial charge in [-0.05, 0) is 25.7 Å². The summed E-state index contributed by atoms with van der Waals surface area (Å²) in [6, 6.07) is 0. The number of hydrogen-bond acceptors (Lipinski definition) is 8. The SMILES string of the molecule is OCCCO.OCCCO.OCCCO.OCCCO.[Ti]. The second-order valence-electron chi connectivity index (χ2n) is 3.20. The molecule has 0 rings (SSSR count). The van der Waals surface area contributed by atoms with Crippen molar-refractivity contribution in [2.24, 2.45) is 0 Å². The Balaban J connectivity index is -0.0000000533. The van der Waals surface area contributed by atoms with E-state index in [0.29, 0.717) is 25.7 Å². The van der Waals surface area contributed by atoms with Crippen LogP contribution in [0.2, 0.25) is 0 Å². The van der Waals surface area contributed by atoms with Gasteiger partial charge in [-0.1, -0.05) is 0 Å². The zero-order chi connectivity index (χ0) is 16.5. The van der Waals surface area contributed by atoms with Gasteiger partial charge in [0.25, 0.3) is 0 Å². The van der Waals surface area contributed by atoms with Crippen molar-refractivity contribution < 1.29 is 62.6 Å². The molecule has 0 unspecified atom stereocenters. The second-order valence-corrected chi connectivity index (χ2v) is 3.20. The molecule has 8 nitrogen and oxygen atoms in total. The summed E-state index contributed by atoms with van der Waals surface area (Å²) in [6.07, 6.45) is 2.00. The first kappa shape index (κ1) is 33.1. The normalized spacial score (nSPS) is 8.00. The third kappa shape index (κ3) is 97.9. The van der Waals surface area contributed by atoms with Crippen LogP contribution in [0.3, 0.4) is 0 Å². The van der Waals surface area contributed by atoms with Crippen molar-refractivity contribution in [2.45, 2.75) is 25.7 Å². The van der Waals surface area contributed by atoms with Crippen molar-refractivity contribution in [3.05, 3.63) is 0 Å². The minimum absolute atomic E-state index is 0. The van der Waals surface area contributed by atoms with Gasteiger partial charge < -0.3 is 40.9 Å². The van der Waals surface area contributed by atoms with E-state index in [2.05, 4.69) is 0 Å². The van der Waals surface area contributed by atoms with Crippen LogP contribution in [0.15, 0.2) is 0 Å². The topological polar surface area (TPSA) is 162 Å². The molecule has 0 amide bonds. The van der Waals surface area contributed by atoms with Gasteiger partial charge in [0.15, 0.2) is 0 Å². The number of aliphatic hydroxyl groups excluding tert-OH is 8. The Bertz CT molecular complexity index is 79.3. The molecular formula is C12H32O8Ti. The van der Waals surface area contributed by atoms with Crippen molar-refractivity contribution in [3.63, 3.8) is 0 Å². The molecule has 0 heterocycles. The van der Waals surface area contributed by atoms with Crippen LogP contribution >= 0.6 is 0 Å². The van der Waals surface area contributed by atoms with Gasteiger partial charge >= 0.3 is 0 Å². The number of hydrogen-bond donors (Lipinski definition) is 8. The molecule has 0 spiro atoms. The molecule has 0 aromatic heterocycles. The first-order valence-electron chi connectivity index (χ1n) is 6.53. The standard InChI is InChI=1S/4C3H8O2.Ti/c4*4-2-1-3-5;/h4*4-5H,1-3H2;. The molecule has 21 heavy (non-hydrogen) atoms. The average Bonchev–Trinajstić information content (AvgIpc) is 2.44. The summed E-state index contributed by atoms with van der Waals surface area (Å²) in [7, 11) is 0. The fourth-order valence-electron chi connectivity index (χ4n) is 0.283. The van der Waals surface area contributed by atoms with E-state index in [4.69, 9.17) is 40.9 Å². The average molecular weight is 352 g/mol. The van der Waals surface area contributed by atoms with Crippen molar-refractivity contribution in [1.82, 2.24) is 0 Å². The van der Waals surface area contributed by atoms with Crippen molar-refractivity contribution in [3.8, 4) is 0 Å². The molecule has 0 aromatic carbocycles. The largest absolute Gasteiger partial charge is 0.396 e. The smallest absolute Gasteiger partial charge is 0.0452 e. The Hall–Kier alpha value is 0.394. The van der Waals surface area contributed by atoms with Crippen LogP contribution in [0.1, 0.15) is 25.7 Å². The summed E-state index contributed by atoms with van der Waals surface area (Å²) in [6.45, 7) is 0.750. The van der Waals surface area contributed by atoms with Crippen LogP contribution in [0, 0.1) is 0 Å². The Morgan fingerprint density at radius 1 is 0.286 bits per heavy atom. The molecule has 0 aliphatic rings. The van der Waals surface area contributed by atoms with E-state index in [1.807, 2.05) is 0 Å². The van der Waals surface area contributed by atoms with E-state index in [1.165, 1.54) is 0 Å². The molecule has 132 valence electrons. The Morgan fingerprint density at radius 3 is 0.381 bits per heavy atom.